The minimum absolute atomic E-state index is 0.0325. The van der Waals surface area contributed by atoms with E-state index in [9.17, 15) is 39.3 Å². The molecule has 6 N–H and O–H groups in total. The summed E-state index contributed by atoms with van der Waals surface area (Å²) < 4.78 is 28.4. The van der Waals surface area contributed by atoms with Crippen molar-refractivity contribution < 1.29 is 53.3 Å². The first kappa shape index (κ1) is 55.9. The predicted octanol–water partition coefficient (Wildman–Crippen LogP) is 10.5. The van der Waals surface area contributed by atoms with Gasteiger partial charge in [-0.05, 0) is 25.2 Å². The maximum atomic E-state index is 13.7. The lowest BCUT2D eigenvalue weighted by atomic mass is 9.91. The van der Waals surface area contributed by atoms with Crippen LogP contribution in [-0.4, -0.2) is 80.3 Å². The second-order valence-electron chi connectivity index (χ2n) is 17.5. The van der Waals surface area contributed by atoms with Crippen LogP contribution in [0.2, 0.25) is 0 Å². The van der Waals surface area contributed by atoms with Gasteiger partial charge in [-0.1, -0.05) is 201 Å². The summed E-state index contributed by atoms with van der Waals surface area (Å²) in [5.41, 5.74) is 0. The number of nitrogens with one attached hydrogen (secondary N) is 1. The Bertz CT molecular complexity index is 1060. The zero-order valence-corrected chi connectivity index (χ0v) is 38.6. The van der Waals surface area contributed by atoms with Crippen molar-refractivity contribution in [1.82, 2.24) is 5.32 Å². The molecule has 12 nitrogen and oxygen atoms in total. The van der Waals surface area contributed by atoms with Gasteiger partial charge in [-0.15, -0.1) is 0 Å². The van der Waals surface area contributed by atoms with Gasteiger partial charge in [0.1, 0.15) is 18.2 Å². The molecule has 1 rings (SSSR count). The average molecular weight is 864 g/mol. The summed E-state index contributed by atoms with van der Waals surface area (Å²) in [5.74, 6) is -1.26. The van der Waals surface area contributed by atoms with E-state index in [1.165, 1.54) is 116 Å². The summed E-state index contributed by atoms with van der Waals surface area (Å²) in [6.45, 7) is 5.84. The highest BCUT2D eigenvalue weighted by Crippen LogP contribution is 2.42. The molecule has 1 amide bonds. The molecule has 0 aliphatic carbocycles. The Morgan fingerprint density at radius 2 is 1.00 bits per heavy atom. The number of hydrogen-bond acceptors (Lipinski definition) is 9. The van der Waals surface area contributed by atoms with Crippen molar-refractivity contribution in [1.29, 1.82) is 0 Å². The van der Waals surface area contributed by atoms with Crippen LogP contribution in [0, 0.1) is 5.92 Å². The van der Waals surface area contributed by atoms with Gasteiger partial charge in [-0.25, -0.2) is 4.57 Å². The highest BCUT2D eigenvalue weighted by atomic mass is 31.2. The molecule has 13 heteroatoms. The molecule has 0 aromatic heterocycles. The first-order chi connectivity index (χ1) is 28.4. The van der Waals surface area contributed by atoms with Crippen LogP contribution in [0.1, 0.15) is 233 Å². The number of unbranched alkanes of at least 4 members (excludes halogenated alkanes) is 25. The van der Waals surface area contributed by atoms with Gasteiger partial charge in [-0.3, -0.25) is 14.1 Å². The fourth-order valence-electron chi connectivity index (χ4n) is 8.35. The summed E-state index contributed by atoms with van der Waals surface area (Å²) in [6.07, 6.45) is 27.5. The zero-order valence-electron chi connectivity index (χ0n) is 37.7. The molecular weight excluding hydrogens is 773 g/mol. The molecule has 0 bridgehead atoms. The third-order valence-electron chi connectivity index (χ3n) is 11.9. The van der Waals surface area contributed by atoms with E-state index in [-0.39, 0.29) is 18.8 Å². The van der Waals surface area contributed by atoms with Gasteiger partial charge >= 0.3 is 13.8 Å². The van der Waals surface area contributed by atoms with E-state index in [1.54, 1.807) is 0 Å². The van der Waals surface area contributed by atoms with Gasteiger partial charge in [0.2, 0.25) is 5.91 Å². The molecule has 0 aromatic carbocycles. The second-order valence-corrected chi connectivity index (χ2v) is 18.7. The number of carbonyl (C=O) groups is 2. The summed E-state index contributed by atoms with van der Waals surface area (Å²) in [4.78, 5) is 46.5. The Kier molecular flexibility index (Phi) is 34.5. The number of carbonyl (C=O) groups excluding carboxylic acids is 2. The number of amides is 1. The average Bonchev–Trinajstić information content (AvgIpc) is 3.18. The standard InChI is InChI=1S/C46H90NO11P/c1-4-7-10-13-16-18-19-20-22-24-27-30-33-38(32-29-26-23-15-12-9-6-3)35-42(51)57-45-43(46(52)56-40(37-48)44(45)58-59(53,54)55)47-41(50)36-39(49)34-31-28-25-21-17-14-11-8-5-2/h38-40,43-46,48-49,52H,4-37H2,1-3H3,(H,47,50)(H2,53,54,55)/t38?,39-,40-,43-,44-,45-,46?/m1/s1. The molecule has 1 aliphatic rings. The lowest BCUT2D eigenvalue weighted by Gasteiger charge is -2.43. The second kappa shape index (κ2) is 36.4. The fourth-order valence-corrected chi connectivity index (χ4v) is 8.92. The van der Waals surface area contributed by atoms with Crippen LogP contribution in [0.25, 0.3) is 0 Å². The minimum Gasteiger partial charge on any atom is -0.457 e. The Labute approximate surface area is 359 Å². The van der Waals surface area contributed by atoms with Crippen LogP contribution < -0.4 is 5.32 Å². The molecule has 0 aromatic rings. The number of aliphatic hydroxyl groups excluding tert-OH is 3. The van der Waals surface area contributed by atoms with Gasteiger partial charge < -0.3 is 39.9 Å². The van der Waals surface area contributed by atoms with Crippen molar-refractivity contribution in [3.8, 4) is 0 Å². The van der Waals surface area contributed by atoms with Crippen LogP contribution in [0.5, 0.6) is 0 Å². The van der Waals surface area contributed by atoms with Crippen LogP contribution in [0.3, 0.4) is 0 Å². The molecule has 7 atom stereocenters. The van der Waals surface area contributed by atoms with E-state index in [4.69, 9.17) is 14.0 Å². The predicted molar refractivity (Wildman–Crippen MR) is 236 cm³/mol. The SMILES string of the molecule is CCCCCCCCCCCCCCC(CCCCCCCCC)CC(=O)O[C@H]1[C@H](OP(=O)(O)O)[C@@H](CO)OC(O)[C@@H]1NC(=O)C[C@H](O)CCCCCCCCCCC. The number of ether oxygens (including phenoxy) is 2. The highest BCUT2D eigenvalue weighted by molar-refractivity contribution is 7.46. The maximum absolute atomic E-state index is 13.7. The van der Waals surface area contributed by atoms with Gasteiger partial charge in [0.25, 0.3) is 0 Å². The van der Waals surface area contributed by atoms with Crippen molar-refractivity contribution in [2.45, 2.75) is 269 Å². The summed E-state index contributed by atoms with van der Waals surface area (Å²) >= 11 is 0. The lowest BCUT2D eigenvalue weighted by molar-refractivity contribution is -0.256. The van der Waals surface area contributed by atoms with E-state index in [2.05, 4.69) is 26.1 Å². The number of phosphoric ester groups is 1. The number of phosphoric acid groups is 1. The van der Waals surface area contributed by atoms with Gasteiger partial charge in [0, 0.05) is 6.42 Å². The van der Waals surface area contributed by atoms with Crippen molar-refractivity contribution in [2.75, 3.05) is 6.61 Å². The van der Waals surface area contributed by atoms with E-state index in [0.29, 0.717) is 6.42 Å². The molecule has 1 fully saturated rings. The molecule has 0 radical (unpaired) electrons. The monoisotopic (exact) mass is 864 g/mol. The summed E-state index contributed by atoms with van der Waals surface area (Å²) in [6, 6.07) is -1.47. The summed E-state index contributed by atoms with van der Waals surface area (Å²) in [5, 5.41) is 34.2. The number of rotatable bonds is 40. The third-order valence-corrected chi connectivity index (χ3v) is 12.4. The smallest absolute Gasteiger partial charge is 0.457 e. The molecule has 1 heterocycles. The van der Waals surface area contributed by atoms with Crippen molar-refractivity contribution in [2.24, 2.45) is 5.92 Å². The number of hydrogen-bond donors (Lipinski definition) is 6. The van der Waals surface area contributed by atoms with Crippen LogP contribution in [0.15, 0.2) is 0 Å². The van der Waals surface area contributed by atoms with E-state index in [1.807, 2.05) is 0 Å². The fraction of sp³-hybridized carbons (Fsp3) is 0.957. The van der Waals surface area contributed by atoms with E-state index < -0.39 is 63.1 Å². The normalized spacial score (nSPS) is 20.7. The maximum Gasteiger partial charge on any atom is 0.470 e. The number of aliphatic hydroxyl groups is 3. The van der Waals surface area contributed by atoms with Crippen LogP contribution >= 0.6 is 7.82 Å². The number of esters is 1. The quantitative estimate of drug-likeness (QED) is 0.0195. The highest BCUT2D eigenvalue weighted by Gasteiger charge is 2.51. The van der Waals surface area contributed by atoms with Crippen LogP contribution in [0.4, 0.5) is 0 Å². The molecule has 1 aliphatic heterocycles. The molecule has 350 valence electrons. The zero-order chi connectivity index (χ0) is 43.6. The molecule has 0 saturated carbocycles. The largest absolute Gasteiger partial charge is 0.470 e. The van der Waals surface area contributed by atoms with Gasteiger partial charge in [0.15, 0.2) is 12.4 Å². The Morgan fingerprint density at radius 3 is 1.39 bits per heavy atom. The first-order valence-corrected chi connectivity index (χ1v) is 25.8. The topological polar surface area (TPSA) is 192 Å². The Balaban J connectivity index is 2.88. The summed E-state index contributed by atoms with van der Waals surface area (Å²) in [7, 11) is -5.21. The molecule has 2 unspecified atom stereocenters. The minimum atomic E-state index is -5.21. The lowest BCUT2D eigenvalue weighted by Crippen LogP contribution is -2.65. The van der Waals surface area contributed by atoms with E-state index >= 15 is 0 Å². The molecule has 0 spiro atoms. The first-order valence-electron chi connectivity index (χ1n) is 24.3. The van der Waals surface area contributed by atoms with E-state index in [0.717, 1.165) is 77.0 Å². The van der Waals surface area contributed by atoms with Gasteiger partial charge in [0.05, 0.1) is 19.1 Å². The molecule has 1 saturated heterocycles. The van der Waals surface area contributed by atoms with Crippen LogP contribution in [-0.2, 0) is 28.2 Å². The van der Waals surface area contributed by atoms with Crippen molar-refractivity contribution >= 4 is 19.7 Å². The Hall–Kier alpha value is -1.11. The molecule has 59 heavy (non-hydrogen) atoms. The van der Waals surface area contributed by atoms with Crippen molar-refractivity contribution in [3.63, 3.8) is 0 Å². The Morgan fingerprint density at radius 1 is 0.610 bits per heavy atom. The molecular formula is C46H90NO11P. The third kappa shape index (κ3) is 29.8. The van der Waals surface area contributed by atoms with Gasteiger partial charge in [-0.2, -0.15) is 0 Å². The van der Waals surface area contributed by atoms with Crippen molar-refractivity contribution in [3.05, 3.63) is 0 Å².